The van der Waals surface area contributed by atoms with Crippen molar-refractivity contribution in [3.63, 3.8) is 0 Å². The molecule has 0 aliphatic carbocycles. The Balaban J connectivity index is 2.77. The molecule has 0 bridgehead atoms. The third-order valence-corrected chi connectivity index (χ3v) is 2.79. The Kier molecular flexibility index (Phi) is 5.16. The van der Waals surface area contributed by atoms with Crippen LogP contribution in [-0.4, -0.2) is 11.9 Å². The topological polar surface area (TPSA) is 55.1 Å². The Morgan fingerprint density at radius 1 is 1.24 bits per heavy atom. The lowest BCUT2D eigenvalue weighted by atomic mass is 9.96. The zero-order valence-electron chi connectivity index (χ0n) is 10.8. The standard InChI is InChI=1S/C14H22N2O/c1-10(2)9-13(16-11(3)14(15)17)12-7-5-4-6-8-12/h4-8,10-11,13,16H,9H2,1-3H3,(H2,15,17)/t11-,13-/m0/s1. The average molecular weight is 234 g/mol. The number of primary amides is 1. The van der Waals surface area contributed by atoms with E-state index in [0.29, 0.717) is 5.92 Å². The van der Waals surface area contributed by atoms with Gasteiger partial charge in [-0.15, -0.1) is 0 Å². The normalized spacial score (nSPS) is 14.6. The molecule has 0 radical (unpaired) electrons. The summed E-state index contributed by atoms with van der Waals surface area (Å²) < 4.78 is 0. The zero-order valence-corrected chi connectivity index (χ0v) is 10.8. The van der Waals surface area contributed by atoms with E-state index in [4.69, 9.17) is 5.73 Å². The predicted molar refractivity (Wildman–Crippen MR) is 70.4 cm³/mol. The number of rotatable bonds is 6. The molecule has 0 saturated heterocycles. The first-order valence-electron chi connectivity index (χ1n) is 6.11. The fraction of sp³-hybridized carbons (Fsp3) is 0.500. The Hall–Kier alpha value is -1.35. The van der Waals surface area contributed by atoms with Gasteiger partial charge in [0.05, 0.1) is 6.04 Å². The van der Waals surface area contributed by atoms with Gasteiger partial charge in [-0.3, -0.25) is 10.1 Å². The van der Waals surface area contributed by atoms with Crippen molar-refractivity contribution in [2.75, 3.05) is 0 Å². The van der Waals surface area contributed by atoms with E-state index < -0.39 is 0 Å². The van der Waals surface area contributed by atoms with E-state index in [1.54, 1.807) is 6.92 Å². The van der Waals surface area contributed by atoms with Gasteiger partial charge in [-0.25, -0.2) is 0 Å². The van der Waals surface area contributed by atoms with E-state index in [0.717, 1.165) is 6.42 Å². The molecule has 0 heterocycles. The second kappa shape index (κ2) is 6.40. The molecule has 17 heavy (non-hydrogen) atoms. The molecule has 0 aromatic heterocycles. The van der Waals surface area contributed by atoms with E-state index in [2.05, 4.69) is 31.3 Å². The zero-order chi connectivity index (χ0) is 12.8. The molecule has 0 aliphatic heterocycles. The SMILES string of the molecule is CC(C)C[C@H](N[C@@H](C)C(N)=O)c1ccccc1. The van der Waals surface area contributed by atoms with Crippen LogP contribution in [0.1, 0.15) is 38.8 Å². The van der Waals surface area contributed by atoms with Crippen LogP contribution in [-0.2, 0) is 4.79 Å². The molecule has 0 spiro atoms. The van der Waals surface area contributed by atoms with Gasteiger partial charge in [0.1, 0.15) is 0 Å². The number of hydrogen-bond donors (Lipinski definition) is 2. The minimum Gasteiger partial charge on any atom is -0.368 e. The van der Waals surface area contributed by atoms with Crippen molar-refractivity contribution in [1.29, 1.82) is 0 Å². The van der Waals surface area contributed by atoms with Crippen LogP contribution in [0.3, 0.4) is 0 Å². The van der Waals surface area contributed by atoms with Crippen LogP contribution in [0.15, 0.2) is 30.3 Å². The molecule has 3 heteroatoms. The van der Waals surface area contributed by atoms with Crippen molar-refractivity contribution in [1.82, 2.24) is 5.32 Å². The quantitative estimate of drug-likeness (QED) is 0.793. The van der Waals surface area contributed by atoms with Crippen LogP contribution >= 0.6 is 0 Å². The van der Waals surface area contributed by atoms with Crippen LogP contribution < -0.4 is 11.1 Å². The van der Waals surface area contributed by atoms with Gasteiger partial charge in [-0.05, 0) is 24.8 Å². The van der Waals surface area contributed by atoms with E-state index in [1.807, 2.05) is 18.2 Å². The summed E-state index contributed by atoms with van der Waals surface area (Å²) in [5.74, 6) is 0.252. The smallest absolute Gasteiger partial charge is 0.234 e. The van der Waals surface area contributed by atoms with Crippen molar-refractivity contribution in [2.24, 2.45) is 11.7 Å². The van der Waals surface area contributed by atoms with E-state index in [9.17, 15) is 4.79 Å². The fourth-order valence-electron chi connectivity index (χ4n) is 1.84. The molecule has 0 aliphatic rings. The Morgan fingerprint density at radius 3 is 2.29 bits per heavy atom. The summed E-state index contributed by atoms with van der Waals surface area (Å²) in [5.41, 5.74) is 6.49. The maximum Gasteiger partial charge on any atom is 0.234 e. The Labute approximate surface area is 103 Å². The first kappa shape index (κ1) is 13.7. The molecule has 1 aromatic carbocycles. The first-order chi connectivity index (χ1) is 8.00. The second-order valence-electron chi connectivity index (χ2n) is 4.88. The van der Waals surface area contributed by atoms with Crippen LogP contribution in [0, 0.1) is 5.92 Å². The molecule has 1 rings (SSSR count). The molecule has 0 fully saturated rings. The number of nitrogens with one attached hydrogen (secondary N) is 1. The van der Waals surface area contributed by atoms with Gasteiger partial charge in [0.25, 0.3) is 0 Å². The molecule has 1 amide bonds. The molecule has 3 nitrogen and oxygen atoms in total. The Morgan fingerprint density at radius 2 is 1.82 bits per heavy atom. The van der Waals surface area contributed by atoms with Crippen molar-refractivity contribution in [3.05, 3.63) is 35.9 Å². The van der Waals surface area contributed by atoms with Crippen LogP contribution in [0.4, 0.5) is 0 Å². The molecule has 94 valence electrons. The van der Waals surface area contributed by atoms with Crippen molar-refractivity contribution < 1.29 is 4.79 Å². The number of benzene rings is 1. The lowest BCUT2D eigenvalue weighted by Gasteiger charge is -2.23. The average Bonchev–Trinajstić information content (AvgIpc) is 2.28. The first-order valence-corrected chi connectivity index (χ1v) is 6.11. The third-order valence-electron chi connectivity index (χ3n) is 2.79. The monoisotopic (exact) mass is 234 g/mol. The summed E-state index contributed by atoms with van der Waals surface area (Å²) in [6.45, 7) is 6.15. The van der Waals surface area contributed by atoms with Crippen LogP contribution in [0.2, 0.25) is 0 Å². The lowest BCUT2D eigenvalue weighted by Crippen LogP contribution is -2.41. The highest BCUT2D eigenvalue weighted by atomic mass is 16.1. The molecule has 0 unspecified atom stereocenters. The predicted octanol–water partition coefficient (Wildman–Crippen LogP) is 2.24. The molecular formula is C14H22N2O. The highest BCUT2D eigenvalue weighted by Gasteiger charge is 2.18. The number of hydrogen-bond acceptors (Lipinski definition) is 2. The van der Waals surface area contributed by atoms with Gasteiger partial charge < -0.3 is 5.73 Å². The van der Waals surface area contributed by atoms with Gasteiger partial charge in [0.15, 0.2) is 0 Å². The summed E-state index contributed by atoms with van der Waals surface area (Å²) in [4.78, 5) is 11.1. The fourth-order valence-corrected chi connectivity index (χ4v) is 1.84. The van der Waals surface area contributed by atoms with E-state index in [-0.39, 0.29) is 18.0 Å². The molecular weight excluding hydrogens is 212 g/mol. The number of carbonyl (C=O) groups is 1. The number of amides is 1. The van der Waals surface area contributed by atoms with Gasteiger partial charge >= 0.3 is 0 Å². The molecule has 2 atom stereocenters. The van der Waals surface area contributed by atoms with Gasteiger partial charge in [0.2, 0.25) is 5.91 Å². The van der Waals surface area contributed by atoms with Crippen molar-refractivity contribution in [2.45, 2.75) is 39.3 Å². The van der Waals surface area contributed by atoms with Crippen molar-refractivity contribution >= 4 is 5.91 Å². The van der Waals surface area contributed by atoms with E-state index in [1.165, 1.54) is 5.56 Å². The summed E-state index contributed by atoms with van der Waals surface area (Å²) in [7, 11) is 0. The largest absolute Gasteiger partial charge is 0.368 e. The van der Waals surface area contributed by atoms with E-state index >= 15 is 0 Å². The molecule has 1 aromatic rings. The number of carbonyl (C=O) groups excluding carboxylic acids is 1. The molecule has 0 saturated carbocycles. The van der Waals surface area contributed by atoms with Crippen LogP contribution in [0.5, 0.6) is 0 Å². The van der Waals surface area contributed by atoms with Gasteiger partial charge in [-0.2, -0.15) is 0 Å². The van der Waals surface area contributed by atoms with Crippen LogP contribution in [0.25, 0.3) is 0 Å². The maximum absolute atomic E-state index is 11.1. The summed E-state index contributed by atoms with van der Waals surface area (Å²) in [5, 5.41) is 3.29. The minimum absolute atomic E-state index is 0.179. The number of nitrogens with two attached hydrogens (primary N) is 1. The Bertz CT molecular complexity index is 348. The van der Waals surface area contributed by atoms with Gasteiger partial charge in [-0.1, -0.05) is 44.2 Å². The van der Waals surface area contributed by atoms with Gasteiger partial charge in [0, 0.05) is 6.04 Å². The maximum atomic E-state index is 11.1. The lowest BCUT2D eigenvalue weighted by molar-refractivity contribution is -0.119. The summed E-state index contributed by atoms with van der Waals surface area (Å²) in [6.07, 6.45) is 0.988. The summed E-state index contributed by atoms with van der Waals surface area (Å²) >= 11 is 0. The third kappa shape index (κ3) is 4.57. The highest BCUT2D eigenvalue weighted by Crippen LogP contribution is 2.21. The second-order valence-corrected chi connectivity index (χ2v) is 4.88. The highest BCUT2D eigenvalue weighted by molar-refractivity contribution is 5.79. The molecule has 3 N–H and O–H groups in total. The van der Waals surface area contributed by atoms with Crippen molar-refractivity contribution in [3.8, 4) is 0 Å². The minimum atomic E-state index is -0.310. The summed E-state index contributed by atoms with van der Waals surface area (Å²) in [6, 6.07) is 10.0.